The van der Waals surface area contributed by atoms with E-state index in [2.05, 4.69) is 265 Å². The van der Waals surface area contributed by atoms with E-state index in [0.29, 0.717) is 0 Å². The zero-order valence-electron chi connectivity index (χ0n) is 44.2. The highest BCUT2D eigenvalue weighted by atomic mass is 14.3. The highest BCUT2D eigenvalue weighted by molar-refractivity contribution is 5.68. The van der Waals surface area contributed by atoms with Gasteiger partial charge in [0.15, 0.2) is 0 Å². The molecule has 0 unspecified atom stereocenters. The van der Waals surface area contributed by atoms with Crippen LogP contribution in [0.2, 0.25) is 0 Å². The van der Waals surface area contributed by atoms with E-state index in [1.165, 1.54) is 100 Å². The fourth-order valence-corrected chi connectivity index (χ4v) is 7.59. The van der Waals surface area contributed by atoms with Gasteiger partial charge in [-0.15, -0.1) is 0 Å². The molecule has 350 valence electrons. The van der Waals surface area contributed by atoms with E-state index < -0.39 is 0 Å². The first-order chi connectivity index (χ1) is 32.1. The maximum absolute atomic E-state index is 2.30. The summed E-state index contributed by atoms with van der Waals surface area (Å²) in [5, 5.41) is 0. The van der Waals surface area contributed by atoms with Gasteiger partial charge in [-0.2, -0.15) is 0 Å². The van der Waals surface area contributed by atoms with Crippen molar-refractivity contribution >= 4 is 0 Å². The fraction of sp³-hybridized carbons (Fsp3) is 0.284. The Kier molecular flexibility index (Phi) is 23.1. The maximum atomic E-state index is 2.30. The Morgan fingerprint density at radius 3 is 0.761 bits per heavy atom. The first-order valence-electron chi connectivity index (χ1n) is 24.6. The lowest BCUT2D eigenvalue weighted by molar-refractivity contribution is 0.640. The van der Waals surface area contributed by atoms with E-state index in [4.69, 9.17) is 0 Å². The minimum atomic E-state index is 0.0708. The standard InChI is InChI=1S/C18H22.C17H20.C15H16.C13H12.2C2H6/c1-11-7-17(8-12(2)15(11)5)18-9-13(3)16(6)14(4)10-18;1-13-5-9-15(10-6-13)17(3,4)16-11-7-14(2)8-12-16;1-12-3-7-14(8-4-12)11-15-9-5-13(2)6-10-15;1-3-7-12(8-4-1)11-13-9-5-2-6-10-13;2*1-2/h7-10H,1-6H3;5-12H,1-4H3;3-10H,11H2,1-2H3;1-10H,11H2;2*1-2H3. The second kappa shape index (κ2) is 28.1. The first kappa shape index (κ1) is 55.1. The molecule has 0 fully saturated rings. The highest BCUT2D eigenvalue weighted by Gasteiger charge is 2.22. The summed E-state index contributed by atoms with van der Waals surface area (Å²) in [5.41, 5.74) is 24.6. The minimum absolute atomic E-state index is 0.0708. The lowest BCUT2D eigenvalue weighted by Gasteiger charge is -2.26. The van der Waals surface area contributed by atoms with Crippen molar-refractivity contribution in [2.45, 2.75) is 129 Å². The number of benzene rings is 8. The summed E-state index contributed by atoms with van der Waals surface area (Å²) >= 11 is 0. The van der Waals surface area contributed by atoms with Gasteiger partial charge in [-0.25, -0.2) is 0 Å². The Bertz CT molecular complexity index is 2380. The summed E-state index contributed by atoms with van der Waals surface area (Å²) in [6.45, 7) is 34.2. The molecule has 0 aliphatic rings. The molecular formula is C67H82. The molecule has 0 nitrogen and oxygen atoms in total. The van der Waals surface area contributed by atoms with Crippen LogP contribution in [0.15, 0.2) is 182 Å². The molecule has 8 aromatic carbocycles. The normalized spacial score (nSPS) is 10.2. The molecule has 0 aliphatic carbocycles. The molecule has 0 heteroatoms. The van der Waals surface area contributed by atoms with Crippen molar-refractivity contribution in [3.63, 3.8) is 0 Å². The smallest absolute Gasteiger partial charge is 0.0146 e. The number of aryl methyl sites for hydroxylation is 8. The van der Waals surface area contributed by atoms with E-state index >= 15 is 0 Å². The second-order valence-electron chi connectivity index (χ2n) is 18.1. The SMILES string of the molecule is CC.CC.Cc1cc(-c2cc(C)c(C)c(C)c2)cc(C)c1C.Cc1ccc(C(C)(C)c2ccc(C)cc2)cc1.Cc1ccc(Cc2ccc(C)cc2)cc1.c1ccc(Cc2ccccc2)cc1. The van der Waals surface area contributed by atoms with Gasteiger partial charge in [0, 0.05) is 5.41 Å². The second-order valence-corrected chi connectivity index (χ2v) is 18.1. The Morgan fingerprint density at radius 2 is 0.507 bits per heavy atom. The van der Waals surface area contributed by atoms with Gasteiger partial charge < -0.3 is 0 Å². The highest BCUT2D eigenvalue weighted by Crippen LogP contribution is 2.32. The molecule has 0 radical (unpaired) electrons. The van der Waals surface area contributed by atoms with Crippen LogP contribution in [0.1, 0.15) is 131 Å². The fourth-order valence-electron chi connectivity index (χ4n) is 7.59. The van der Waals surface area contributed by atoms with Crippen LogP contribution in [0.5, 0.6) is 0 Å². The molecular weight excluding hydrogens is 805 g/mol. The largest absolute Gasteiger partial charge is 0.0683 e. The third-order valence-corrected chi connectivity index (χ3v) is 12.5. The van der Waals surface area contributed by atoms with Gasteiger partial charge in [0.25, 0.3) is 0 Å². The van der Waals surface area contributed by atoms with E-state index in [0.717, 1.165) is 12.8 Å². The Hall–Kier alpha value is -6.24. The number of rotatable bonds is 7. The summed E-state index contributed by atoms with van der Waals surface area (Å²) in [4.78, 5) is 0. The van der Waals surface area contributed by atoms with Crippen LogP contribution in [-0.2, 0) is 18.3 Å². The van der Waals surface area contributed by atoms with Crippen LogP contribution >= 0.6 is 0 Å². The van der Waals surface area contributed by atoms with Crippen LogP contribution in [0.4, 0.5) is 0 Å². The van der Waals surface area contributed by atoms with Gasteiger partial charge in [-0.05, 0) is 160 Å². The minimum Gasteiger partial charge on any atom is -0.0683 e. The quantitative estimate of drug-likeness (QED) is 0.150. The predicted octanol–water partition coefficient (Wildman–Crippen LogP) is 19.1. The van der Waals surface area contributed by atoms with Gasteiger partial charge in [0.2, 0.25) is 0 Å². The van der Waals surface area contributed by atoms with E-state index in [-0.39, 0.29) is 5.41 Å². The molecule has 0 spiro atoms. The summed E-state index contributed by atoms with van der Waals surface area (Å²) in [6.07, 6.45) is 2.06. The van der Waals surface area contributed by atoms with Crippen LogP contribution in [0, 0.1) is 69.2 Å². The van der Waals surface area contributed by atoms with Gasteiger partial charge in [0.05, 0.1) is 0 Å². The van der Waals surface area contributed by atoms with Crippen molar-refractivity contribution in [3.8, 4) is 11.1 Å². The van der Waals surface area contributed by atoms with E-state index in [1.807, 2.05) is 27.7 Å². The van der Waals surface area contributed by atoms with Crippen LogP contribution < -0.4 is 0 Å². The zero-order chi connectivity index (χ0) is 49.5. The van der Waals surface area contributed by atoms with Crippen LogP contribution in [0.25, 0.3) is 11.1 Å². The summed E-state index contributed by atoms with van der Waals surface area (Å²) in [6, 6.07) is 65.4. The van der Waals surface area contributed by atoms with Crippen molar-refractivity contribution in [2.75, 3.05) is 0 Å². The molecule has 0 N–H and O–H groups in total. The van der Waals surface area contributed by atoms with Crippen molar-refractivity contribution < 1.29 is 0 Å². The molecule has 67 heavy (non-hydrogen) atoms. The summed E-state index contributed by atoms with van der Waals surface area (Å²) in [7, 11) is 0. The molecule has 0 heterocycles. The summed E-state index contributed by atoms with van der Waals surface area (Å²) in [5.74, 6) is 0. The van der Waals surface area contributed by atoms with Gasteiger partial charge >= 0.3 is 0 Å². The van der Waals surface area contributed by atoms with Crippen molar-refractivity contribution in [1.82, 2.24) is 0 Å². The van der Waals surface area contributed by atoms with E-state index in [9.17, 15) is 0 Å². The average molecular weight is 887 g/mol. The molecule has 0 saturated heterocycles. The van der Waals surface area contributed by atoms with Gasteiger partial charge in [0.1, 0.15) is 0 Å². The Labute approximate surface area is 409 Å². The maximum Gasteiger partial charge on any atom is 0.0146 e. The lowest BCUT2D eigenvalue weighted by atomic mass is 9.78. The van der Waals surface area contributed by atoms with Gasteiger partial charge in [-0.3, -0.25) is 0 Å². The van der Waals surface area contributed by atoms with E-state index in [1.54, 1.807) is 0 Å². The average Bonchev–Trinajstić information content (AvgIpc) is 3.34. The first-order valence-corrected chi connectivity index (χ1v) is 24.6. The van der Waals surface area contributed by atoms with Crippen molar-refractivity contribution in [2.24, 2.45) is 0 Å². The van der Waals surface area contributed by atoms with Gasteiger partial charge in [-0.1, -0.05) is 246 Å². The van der Waals surface area contributed by atoms with Crippen molar-refractivity contribution in [1.29, 1.82) is 0 Å². The van der Waals surface area contributed by atoms with Crippen molar-refractivity contribution in [3.05, 3.63) is 271 Å². The number of hydrogen-bond donors (Lipinski definition) is 0. The Balaban J connectivity index is 0.000000232. The topological polar surface area (TPSA) is 0 Å². The number of hydrogen-bond acceptors (Lipinski definition) is 0. The third kappa shape index (κ3) is 17.8. The molecule has 0 bridgehead atoms. The molecule has 0 atom stereocenters. The molecule has 0 amide bonds. The molecule has 8 rings (SSSR count). The molecule has 8 aromatic rings. The molecule has 0 aromatic heterocycles. The molecule has 0 saturated carbocycles. The van der Waals surface area contributed by atoms with Crippen LogP contribution in [0.3, 0.4) is 0 Å². The summed E-state index contributed by atoms with van der Waals surface area (Å²) < 4.78 is 0. The zero-order valence-corrected chi connectivity index (χ0v) is 44.2. The predicted molar refractivity (Wildman–Crippen MR) is 298 cm³/mol. The lowest BCUT2D eigenvalue weighted by Crippen LogP contribution is -2.18. The monoisotopic (exact) mass is 887 g/mol. The van der Waals surface area contributed by atoms with Crippen LogP contribution in [-0.4, -0.2) is 0 Å². The third-order valence-electron chi connectivity index (χ3n) is 12.5. The Morgan fingerprint density at radius 1 is 0.284 bits per heavy atom. The molecule has 0 aliphatic heterocycles.